The fourth-order valence-electron chi connectivity index (χ4n) is 2.89. The number of fused-ring (bicyclic) bond motifs is 1. The van der Waals surface area contributed by atoms with Crippen LogP contribution in [0.15, 0.2) is 18.2 Å². The second-order valence-corrected chi connectivity index (χ2v) is 7.29. The standard InChI is InChI=1S/C19H31NO2/c1-6-7-11-21-16-9-8-10-17-18(16)15(20-13-14(2)3)12-19(4,5)22-17/h8-10,14-15,20H,6-7,11-13H2,1-5H3. The Labute approximate surface area is 135 Å². The topological polar surface area (TPSA) is 30.5 Å². The number of hydrogen-bond acceptors (Lipinski definition) is 3. The van der Waals surface area contributed by atoms with Gasteiger partial charge in [0.1, 0.15) is 17.1 Å². The third-order valence-electron chi connectivity index (χ3n) is 3.98. The molecule has 0 bridgehead atoms. The van der Waals surface area contributed by atoms with Gasteiger partial charge in [-0.05, 0) is 44.9 Å². The zero-order valence-electron chi connectivity index (χ0n) is 14.7. The van der Waals surface area contributed by atoms with Crippen molar-refractivity contribution in [2.24, 2.45) is 5.92 Å². The van der Waals surface area contributed by atoms with Gasteiger partial charge in [0.25, 0.3) is 0 Å². The fraction of sp³-hybridized carbons (Fsp3) is 0.684. The smallest absolute Gasteiger partial charge is 0.128 e. The van der Waals surface area contributed by atoms with Crippen LogP contribution in [0.1, 0.15) is 65.5 Å². The van der Waals surface area contributed by atoms with Gasteiger partial charge in [0.15, 0.2) is 0 Å². The second kappa shape index (κ2) is 7.36. The van der Waals surface area contributed by atoms with E-state index < -0.39 is 0 Å². The number of hydrogen-bond donors (Lipinski definition) is 1. The van der Waals surface area contributed by atoms with Crippen LogP contribution < -0.4 is 14.8 Å². The van der Waals surface area contributed by atoms with Crippen molar-refractivity contribution < 1.29 is 9.47 Å². The summed E-state index contributed by atoms with van der Waals surface area (Å²) in [7, 11) is 0. The summed E-state index contributed by atoms with van der Waals surface area (Å²) in [6.07, 6.45) is 3.19. The molecule has 124 valence electrons. The molecule has 0 fully saturated rings. The lowest BCUT2D eigenvalue weighted by Gasteiger charge is -2.39. The summed E-state index contributed by atoms with van der Waals surface area (Å²) < 4.78 is 12.2. The number of unbranched alkanes of at least 4 members (excludes halogenated alkanes) is 1. The highest BCUT2D eigenvalue weighted by Crippen LogP contribution is 2.44. The average Bonchev–Trinajstić information content (AvgIpc) is 2.43. The van der Waals surface area contributed by atoms with Crippen LogP contribution in [0.3, 0.4) is 0 Å². The molecule has 3 heteroatoms. The molecule has 1 aliphatic rings. The van der Waals surface area contributed by atoms with Crippen LogP contribution in [0.25, 0.3) is 0 Å². The SMILES string of the molecule is CCCCOc1cccc2c1C(NCC(C)C)CC(C)(C)O2. The lowest BCUT2D eigenvalue weighted by atomic mass is 9.89. The summed E-state index contributed by atoms with van der Waals surface area (Å²) in [4.78, 5) is 0. The largest absolute Gasteiger partial charge is 0.493 e. The van der Waals surface area contributed by atoms with Gasteiger partial charge in [0.05, 0.1) is 12.2 Å². The highest BCUT2D eigenvalue weighted by molar-refractivity contribution is 5.48. The van der Waals surface area contributed by atoms with E-state index in [4.69, 9.17) is 9.47 Å². The van der Waals surface area contributed by atoms with E-state index in [1.54, 1.807) is 0 Å². The summed E-state index contributed by atoms with van der Waals surface area (Å²) in [5.41, 5.74) is 1.04. The van der Waals surface area contributed by atoms with Crippen molar-refractivity contribution in [3.05, 3.63) is 23.8 Å². The van der Waals surface area contributed by atoms with Crippen molar-refractivity contribution in [2.45, 2.75) is 65.5 Å². The molecule has 22 heavy (non-hydrogen) atoms. The van der Waals surface area contributed by atoms with E-state index in [0.717, 1.165) is 43.9 Å². The van der Waals surface area contributed by atoms with E-state index in [-0.39, 0.29) is 5.60 Å². The Hall–Kier alpha value is -1.22. The Balaban J connectivity index is 2.25. The molecule has 1 heterocycles. The molecule has 1 N–H and O–H groups in total. The van der Waals surface area contributed by atoms with Crippen LogP contribution in [0.2, 0.25) is 0 Å². The minimum absolute atomic E-state index is 0.149. The van der Waals surface area contributed by atoms with E-state index in [1.165, 1.54) is 5.56 Å². The van der Waals surface area contributed by atoms with E-state index in [9.17, 15) is 0 Å². The quantitative estimate of drug-likeness (QED) is 0.740. The van der Waals surface area contributed by atoms with Crippen LogP contribution in [0.4, 0.5) is 0 Å². The lowest BCUT2D eigenvalue weighted by molar-refractivity contribution is 0.0638. The van der Waals surface area contributed by atoms with Crippen LogP contribution in [0.5, 0.6) is 11.5 Å². The van der Waals surface area contributed by atoms with E-state index >= 15 is 0 Å². The highest BCUT2D eigenvalue weighted by atomic mass is 16.5. The highest BCUT2D eigenvalue weighted by Gasteiger charge is 2.35. The van der Waals surface area contributed by atoms with Gasteiger partial charge >= 0.3 is 0 Å². The Morgan fingerprint density at radius 3 is 2.82 bits per heavy atom. The van der Waals surface area contributed by atoms with Crippen LogP contribution in [0, 0.1) is 5.92 Å². The number of ether oxygens (including phenoxy) is 2. The van der Waals surface area contributed by atoms with Gasteiger partial charge in [-0.15, -0.1) is 0 Å². The van der Waals surface area contributed by atoms with Gasteiger partial charge in [-0.25, -0.2) is 0 Å². The average molecular weight is 305 g/mol. The molecule has 0 aromatic heterocycles. The third kappa shape index (κ3) is 4.39. The molecule has 0 saturated heterocycles. The zero-order chi connectivity index (χ0) is 16.2. The van der Waals surface area contributed by atoms with Crippen molar-refractivity contribution in [1.82, 2.24) is 5.32 Å². The molecule has 0 aliphatic carbocycles. The molecule has 0 amide bonds. The van der Waals surface area contributed by atoms with Crippen molar-refractivity contribution in [3.8, 4) is 11.5 Å². The molecule has 0 radical (unpaired) electrons. The normalized spacial score (nSPS) is 19.6. The molecule has 3 nitrogen and oxygen atoms in total. The first-order valence-corrected chi connectivity index (χ1v) is 8.61. The number of nitrogens with one attached hydrogen (secondary N) is 1. The van der Waals surface area contributed by atoms with Gasteiger partial charge in [-0.1, -0.05) is 33.3 Å². The van der Waals surface area contributed by atoms with Crippen LogP contribution >= 0.6 is 0 Å². The first-order chi connectivity index (χ1) is 10.4. The summed E-state index contributed by atoms with van der Waals surface area (Å²) in [6.45, 7) is 12.7. The molecule has 0 spiro atoms. The first kappa shape index (κ1) is 17.1. The minimum Gasteiger partial charge on any atom is -0.493 e. The molecule has 1 aromatic rings. The van der Waals surface area contributed by atoms with Gasteiger partial charge in [-0.2, -0.15) is 0 Å². The van der Waals surface area contributed by atoms with E-state index in [1.807, 2.05) is 6.07 Å². The number of benzene rings is 1. The van der Waals surface area contributed by atoms with Crippen molar-refractivity contribution in [3.63, 3.8) is 0 Å². The Bertz CT molecular complexity index is 482. The first-order valence-electron chi connectivity index (χ1n) is 8.61. The van der Waals surface area contributed by atoms with Crippen molar-refractivity contribution >= 4 is 0 Å². The molecule has 1 atom stereocenters. The molecule has 0 saturated carbocycles. The predicted octanol–water partition coefficient (Wildman–Crippen LogP) is 4.71. The Morgan fingerprint density at radius 1 is 1.36 bits per heavy atom. The summed E-state index contributed by atoms with van der Waals surface area (Å²) in [6, 6.07) is 6.45. The zero-order valence-corrected chi connectivity index (χ0v) is 14.7. The Kier molecular flexibility index (Phi) is 5.74. The van der Waals surface area contributed by atoms with Gasteiger partial charge in [-0.3, -0.25) is 0 Å². The summed E-state index contributed by atoms with van der Waals surface area (Å²) in [5.74, 6) is 2.57. The lowest BCUT2D eigenvalue weighted by Crippen LogP contribution is -2.40. The van der Waals surface area contributed by atoms with Gasteiger partial charge in [0.2, 0.25) is 0 Å². The molecule has 1 aliphatic heterocycles. The molecule has 2 rings (SSSR count). The van der Waals surface area contributed by atoms with Gasteiger partial charge < -0.3 is 14.8 Å². The summed E-state index contributed by atoms with van der Waals surface area (Å²) in [5, 5.41) is 3.70. The maximum absolute atomic E-state index is 6.18. The molecular formula is C19H31NO2. The van der Waals surface area contributed by atoms with E-state index in [2.05, 4.69) is 52.1 Å². The Morgan fingerprint density at radius 2 is 2.14 bits per heavy atom. The van der Waals surface area contributed by atoms with Crippen molar-refractivity contribution in [1.29, 1.82) is 0 Å². The predicted molar refractivity (Wildman–Crippen MR) is 91.8 cm³/mol. The maximum Gasteiger partial charge on any atom is 0.128 e. The minimum atomic E-state index is -0.149. The molecule has 1 aromatic carbocycles. The second-order valence-electron chi connectivity index (χ2n) is 7.29. The van der Waals surface area contributed by atoms with Gasteiger partial charge in [0, 0.05) is 12.5 Å². The third-order valence-corrected chi connectivity index (χ3v) is 3.98. The number of rotatable bonds is 7. The fourth-order valence-corrected chi connectivity index (χ4v) is 2.89. The molecule has 1 unspecified atom stereocenters. The van der Waals surface area contributed by atoms with Crippen LogP contribution in [-0.2, 0) is 0 Å². The maximum atomic E-state index is 6.18. The van der Waals surface area contributed by atoms with E-state index in [0.29, 0.717) is 12.0 Å². The summed E-state index contributed by atoms with van der Waals surface area (Å²) >= 11 is 0. The molecular weight excluding hydrogens is 274 g/mol. The van der Waals surface area contributed by atoms with Crippen LogP contribution in [-0.4, -0.2) is 18.8 Å². The monoisotopic (exact) mass is 305 g/mol. The van der Waals surface area contributed by atoms with Crippen molar-refractivity contribution in [2.75, 3.05) is 13.2 Å².